The van der Waals surface area contributed by atoms with Crippen molar-refractivity contribution in [3.63, 3.8) is 0 Å². The first-order valence-corrected chi connectivity index (χ1v) is 13.1. The third-order valence-electron chi connectivity index (χ3n) is 5.16. The van der Waals surface area contributed by atoms with Crippen molar-refractivity contribution >= 4 is 38.8 Å². The number of hydrogen-bond donors (Lipinski definition) is 0. The van der Waals surface area contributed by atoms with Crippen LogP contribution in [-0.2, 0) is 27.5 Å². The summed E-state index contributed by atoms with van der Waals surface area (Å²) < 4.78 is 34.5. The number of pyridine rings is 1. The summed E-state index contributed by atoms with van der Waals surface area (Å²) >= 11 is 12.9. The van der Waals surface area contributed by atoms with Gasteiger partial charge in [0.1, 0.15) is 11.5 Å². The highest BCUT2D eigenvalue weighted by Gasteiger charge is 2.18. The summed E-state index contributed by atoms with van der Waals surface area (Å²) in [7, 11) is -1.73. The van der Waals surface area contributed by atoms with Gasteiger partial charge in [-0.3, -0.25) is 4.79 Å². The van der Waals surface area contributed by atoms with Gasteiger partial charge in [-0.2, -0.15) is 0 Å². The van der Waals surface area contributed by atoms with E-state index in [1.165, 1.54) is 18.3 Å². The molecule has 2 aromatic carbocycles. The summed E-state index contributed by atoms with van der Waals surface area (Å²) in [5, 5.41) is 0.551. The zero-order valence-corrected chi connectivity index (χ0v) is 21.6. The van der Waals surface area contributed by atoms with E-state index >= 15 is 0 Å². The Bertz CT molecular complexity index is 1310. The number of Topliss-reactive ketones (excluding diaryl/α,β-unsaturated/α-hetero) is 1. The summed E-state index contributed by atoms with van der Waals surface area (Å²) in [5.41, 5.74) is 2.16. The molecule has 0 spiro atoms. The van der Waals surface area contributed by atoms with Crippen LogP contribution in [0.15, 0.2) is 53.6 Å². The molecular weight excluding hydrogens is 497 g/mol. The highest BCUT2D eigenvalue weighted by molar-refractivity contribution is 7.90. The minimum atomic E-state index is -3.29. The van der Waals surface area contributed by atoms with Gasteiger partial charge in [0.25, 0.3) is 0 Å². The molecule has 0 saturated heterocycles. The van der Waals surface area contributed by atoms with Crippen LogP contribution in [0.1, 0.15) is 36.5 Å². The van der Waals surface area contributed by atoms with Gasteiger partial charge in [-0.15, -0.1) is 0 Å². The second-order valence-electron chi connectivity index (χ2n) is 8.18. The largest absolute Gasteiger partial charge is 0.481 e. The highest BCUT2D eigenvalue weighted by Crippen LogP contribution is 2.40. The smallest absolute Gasteiger partial charge is 0.216 e. The van der Waals surface area contributed by atoms with E-state index in [9.17, 15) is 13.2 Å². The lowest BCUT2D eigenvalue weighted by atomic mass is 10.0. The van der Waals surface area contributed by atoms with E-state index in [0.29, 0.717) is 27.8 Å². The van der Waals surface area contributed by atoms with Crippen LogP contribution < -0.4 is 9.47 Å². The van der Waals surface area contributed by atoms with Gasteiger partial charge in [0, 0.05) is 24.7 Å². The Balaban J connectivity index is 1.79. The number of sulfone groups is 1. The molecule has 180 valence electrons. The maximum atomic E-state index is 12.7. The van der Waals surface area contributed by atoms with Gasteiger partial charge in [-0.25, -0.2) is 13.4 Å². The normalized spacial score (nSPS) is 11.5. The molecule has 6 nitrogen and oxygen atoms in total. The van der Waals surface area contributed by atoms with Crippen molar-refractivity contribution in [1.82, 2.24) is 4.98 Å². The van der Waals surface area contributed by atoms with Crippen LogP contribution in [0.5, 0.6) is 17.4 Å². The van der Waals surface area contributed by atoms with Crippen molar-refractivity contribution in [1.29, 1.82) is 0 Å². The molecule has 3 aromatic rings. The summed E-state index contributed by atoms with van der Waals surface area (Å²) in [4.78, 5) is 17.2. The standard InChI is InChI=1S/C25H25Cl2NO5S/c1-15(2)21-13-19(14-28-25(21)32-3)33-24-22(26)10-7-17(23(24)27)12-18(29)11-16-5-8-20(9-6-16)34(4,30)31/h5-10,13-15H,11-12H2,1-4H3. The molecule has 1 heterocycles. The van der Waals surface area contributed by atoms with Crippen molar-refractivity contribution in [3.8, 4) is 17.4 Å². The fraction of sp³-hybridized carbons (Fsp3) is 0.280. The lowest BCUT2D eigenvalue weighted by molar-refractivity contribution is -0.117. The minimum Gasteiger partial charge on any atom is -0.481 e. The molecule has 0 N–H and O–H groups in total. The number of hydrogen-bond acceptors (Lipinski definition) is 6. The Morgan fingerprint density at radius 3 is 2.32 bits per heavy atom. The Morgan fingerprint density at radius 1 is 1.06 bits per heavy atom. The Labute approximate surface area is 209 Å². The second-order valence-corrected chi connectivity index (χ2v) is 11.0. The number of benzene rings is 2. The fourth-order valence-corrected chi connectivity index (χ4v) is 4.51. The Morgan fingerprint density at radius 2 is 1.74 bits per heavy atom. The van der Waals surface area contributed by atoms with Crippen LogP contribution >= 0.6 is 23.2 Å². The minimum absolute atomic E-state index is 0.0678. The van der Waals surface area contributed by atoms with E-state index in [0.717, 1.165) is 11.8 Å². The van der Waals surface area contributed by atoms with E-state index in [2.05, 4.69) is 4.98 Å². The molecular formula is C25H25Cl2NO5S. The van der Waals surface area contributed by atoms with E-state index in [4.69, 9.17) is 32.7 Å². The summed E-state index contributed by atoms with van der Waals surface area (Å²) in [6.45, 7) is 4.04. The fourth-order valence-electron chi connectivity index (χ4n) is 3.37. The highest BCUT2D eigenvalue weighted by atomic mass is 35.5. The summed E-state index contributed by atoms with van der Waals surface area (Å²) in [6.07, 6.45) is 2.87. The topological polar surface area (TPSA) is 82.6 Å². The number of ketones is 1. The van der Waals surface area contributed by atoms with Gasteiger partial charge in [0.15, 0.2) is 15.6 Å². The second kappa shape index (κ2) is 10.8. The van der Waals surface area contributed by atoms with Crippen molar-refractivity contribution < 1.29 is 22.7 Å². The molecule has 3 rings (SSSR count). The van der Waals surface area contributed by atoms with E-state index in [-0.39, 0.29) is 40.2 Å². The summed E-state index contributed by atoms with van der Waals surface area (Å²) in [6, 6.07) is 11.4. The molecule has 0 fully saturated rings. The first-order valence-electron chi connectivity index (χ1n) is 10.5. The maximum Gasteiger partial charge on any atom is 0.216 e. The molecule has 0 unspecified atom stereocenters. The zero-order chi connectivity index (χ0) is 25.0. The number of aromatic nitrogens is 1. The molecule has 0 saturated carbocycles. The number of rotatable bonds is 9. The van der Waals surface area contributed by atoms with E-state index in [1.807, 2.05) is 19.9 Å². The molecule has 0 amide bonds. The SMILES string of the molecule is COc1ncc(Oc2c(Cl)ccc(CC(=O)Cc3ccc(S(C)(=O)=O)cc3)c2Cl)cc1C(C)C. The lowest BCUT2D eigenvalue weighted by Crippen LogP contribution is -2.08. The molecule has 0 aliphatic heterocycles. The zero-order valence-electron chi connectivity index (χ0n) is 19.3. The number of nitrogens with zero attached hydrogens (tertiary/aromatic N) is 1. The average Bonchev–Trinajstić information content (AvgIpc) is 2.78. The predicted molar refractivity (Wildman–Crippen MR) is 133 cm³/mol. The van der Waals surface area contributed by atoms with Crippen molar-refractivity contribution in [2.45, 2.75) is 37.5 Å². The first kappa shape index (κ1) is 26.0. The van der Waals surface area contributed by atoms with E-state index < -0.39 is 9.84 Å². The number of carbonyl (C=O) groups excluding carboxylic acids is 1. The monoisotopic (exact) mass is 521 g/mol. The third kappa shape index (κ3) is 6.29. The Kier molecular flexibility index (Phi) is 8.23. The van der Waals surface area contributed by atoms with Crippen LogP contribution in [0.4, 0.5) is 0 Å². The molecule has 0 aliphatic rings. The quantitative estimate of drug-likeness (QED) is 0.339. The van der Waals surface area contributed by atoms with Gasteiger partial charge in [0.2, 0.25) is 5.88 Å². The first-order chi connectivity index (χ1) is 16.0. The average molecular weight is 522 g/mol. The van der Waals surface area contributed by atoms with Gasteiger partial charge in [-0.05, 0) is 41.3 Å². The molecule has 9 heteroatoms. The van der Waals surface area contributed by atoms with Crippen molar-refractivity contribution in [2.24, 2.45) is 0 Å². The van der Waals surface area contributed by atoms with Crippen LogP contribution in [0, 0.1) is 0 Å². The van der Waals surface area contributed by atoms with Gasteiger partial charge in [0.05, 0.1) is 28.2 Å². The molecule has 0 radical (unpaired) electrons. The van der Waals surface area contributed by atoms with Crippen molar-refractivity contribution in [2.75, 3.05) is 13.4 Å². The number of halogens is 2. The predicted octanol–water partition coefficient (Wildman–Crippen LogP) is 6.07. The molecule has 34 heavy (non-hydrogen) atoms. The van der Waals surface area contributed by atoms with Gasteiger partial charge in [-0.1, -0.05) is 55.2 Å². The maximum absolute atomic E-state index is 12.7. The molecule has 0 bridgehead atoms. The Hall–Kier alpha value is -2.61. The van der Waals surface area contributed by atoms with Gasteiger partial charge >= 0.3 is 0 Å². The van der Waals surface area contributed by atoms with Crippen LogP contribution in [-0.4, -0.2) is 32.6 Å². The molecule has 0 atom stereocenters. The summed E-state index contributed by atoms with van der Waals surface area (Å²) in [5.74, 6) is 1.28. The number of ether oxygens (including phenoxy) is 2. The van der Waals surface area contributed by atoms with Crippen molar-refractivity contribution in [3.05, 3.63) is 75.4 Å². The van der Waals surface area contributed by atoms with Gasteiger partial charge < -0.3 is 9.47 Å². The van der Waals surface area contributed by atoms with Crippen LogP contribution in [0.3, 0.4) is 0 Å². The lowest BCUT2D eigenvalue weighted by Gasteiger charge is -2.15. The third-order valence-corrected chi connectivity index (χ3v) is 7.00. The molecule has 0 aliphatic carbocycles. The number of carbonyl (C=O) groups is 1. The van der Waals surface area contributed by atoms with Crippen LogP contribution in [0.2, 0.25) is 10.0 Å². The van der Waals surface area contributed by atoms with E-state index in [1.54, 1.807) is 31.4 Å². The molecule has 1 aromatic heterocycles. The van der Waals surface area contributed by atoms with Crippen LogP contribution in [0.25, 0.3) is 0 Å². The number of methoxy groups -OCH3 is 1.